The molecule has 1 atom stereocenters. The van der Waals surface area contributed by atoms with E-state index in [0.717, 1.165) is 34.4 Å². The molecular weight excluding hydrogens is 302 g/mol. The Morgan fingerprint density at radius 2 is 2.19 bits per heavy atom. The number of hydrogen-bond donors (Lipinski definition) is 1. The van der Waals surface area contributed by atoms with E-state index in [4.69, 9.17) is 4.42 Å². The Labute approximate surface area is 131 Å². The molecule has 0 radical (unpaired) electrons. The fourth-order valence-electron chi connectivity index (χ4n) is 2.51. The van der Waals surface area contributed by atoms with Crippen molar-refractivity contribution in [2.24, 2.45) is 0 Å². The highest BCUT2D eigenvalue weighted by molar-refractivity contribution is 8.06. The van der Waals surface area contributed by atoms with E-state index in [2.05, 4.69) is 15.3 Å². The Kier molecular flexibility index (Phi) is 3.65. The van der Waals surface area contributed by atoms with Crippen molar-refractivity contribution in [3.05, 3.63) is 30.6 Å². The molecule has 6 heteroatoms. The zero-order valence-electron chi connectivity index (χ0n) is 11.4. The molecule has 3 aromatic rings. The summed E-state index contributed by atoms with van der Waals surface area (Å²) in [5.41, 5.74) is 2.50. The van der Waals surface area contributed by atoms with E-state index in [0.29, 0.717) is 5.25 Å². The minimum Gasteiger partial charge on any atom is -0.450 e. The largest absolute Gasteiger partial charge is 0.450 e. The zero-order valence-corrected chi connectivity index (χ0v) is 13.0. The molecule has 0 saturated carbocycles. The monoisotopic (exact) mass is 317 g/mol. The zero-order chi connectivity index (χ0) is 14.1. The van der Waals surface area contributed by atoms with E-state index in [-0.39, 0.29) is 0 Å². The van der Waals surface area contributed by atoms with Crippen LogP contribution in [0.2, 0.25) is 0 Å². The number of furan rings is 1. The van der Waals surface area contributed by atoms with Gasteiger partial charge in [0.1, 0.15) is 17.4 Å². The highest BCUT2D eigenvalue weighted by Gasteiger charge is 2.16. The lowest BCUT2D eigenvalue weighted by molar-refractivity contribution is 0.666. The normalized spacial score (nSPS) is 19.1. The Morgan fingerprint density at radius 1 is 1.24 bits per heavy atom. The average molecular weight is 317 g/mol. The molecule has 4 rings (SSSR count). The standard InChI is InChI=1S/C15H15N3OS2/c1-2-4-12-11(3-1)13-14(19-12)15(18-9-17-13)16-7-10-8-20-5-6-21-10/h1-4,9-10H,5-8H2,(H,16,17,18). The lowest BCUT2D eigenvalue weighted by Gasteiger charge is -2.21. The van der Waals surface area contributed by atoms with Crippen LogP contribution in [0.5, 0.6) is 0 Å². The molecule has 1 aromatic carbocycles. The van der Waals surface area contributed by atoms with E-state index >= 15 is 0 Å². The Bertz CT molecular complexity index is 768. The second-order valence-corrected chi connectivity index (χ2v) is 7.50. The molecule has 1 aliphatic heterocycles. The quantitative estimate of drug-likeness (QED) is 0.796. The van der Waals surface area contributed by atoms with Crippen LogP contribution in [0, 0.1) is 0 Å². The number of nitrogens with one attached hydrogen (secondary N) is 1. The molecule has 1 fully saturated rings. The summed E-state index contributed by atoms with van der Waals surface area (Å²) < 4.78 is 5.92. The predicted octanol–water partition coefficient (Wildman–Crippen LogP) is 3.64. The van der Waals surface area contributed by atoms with Crippen LogP contribution < -0.4 is 5.32 Å². The molecular formula is C15H15N3OS2. The molecule has 0 amide bonds. The maximum absolute atomic E-state index is 5.92. The first kappa shape index (κ1) is 13.3. The predicted molar refractivity (Wildman–Crippen MR) is 91.4 cm³/mol. The third-order valence-corrected chi connectivity index (χ3v) is 6.39. The van der Waals surface area contributed by atoms with Crippen molar-refractivity contribution in [3.63, 3.8) is 0 Å². The number of hydrogen-bond acceptors (Lipinski definition) is 6. The van der Waals surface area contributed by atoms with Crippen LogP contribution in [-0.2, 0) is 0 Å². The minimum absolute atomic E-state index is 0.637. The molecule has 108 valence electrons. The number of aromatic nitrogens is 2. The molecule has 1 saturated heterocycles. The molecule has 1 N–H and O–H groups in total. The summed E-state index contributed by atoms with van der Waals surface area (Å²) in [7, 11) is 0. The lowest BCUT2D eigenvalue weighted by atomic mass is 10.2. The van der Waals surface area contributed by atoms with Gasteiger partial charge < -0.3 is 9.73 Å². The van der Waals surface area contributed by atoms with Gasteiger partial charge in [-0.15, -0.1) is 0 Å². The molecule has 0 aliphatic carbocycles. The highest BCUT2D eigenvalue weighted by atomic mass is 32.2. The Hall–Kier alpha value is -1.40. The average Bonchev–Trinajstić information content (AvgIpc) is 2.93. The van der Waals surface area contributed by atoms with Crippen molar-refractivity contribution in [1.82, 2.24) is 9.97 Å². The van der Waals surface area contributed by atoms with E-state index in [1.54, 1.807) is 6.33 Å². The van der Waals surface area contributed by atoms with Gasteiger partial charge in [-0.1, -0.05) is 12.1 Å². The first-order chi connectivity index (χ1) is 10.4. The Morgan fingerprint density at radius 3 is 3.10 bits per heavy atom. The summed E-state index contributed by atoms with van der Waals surface area (Å²) >= 11 is 4.06. The van der Waals surface area contributed by atoms with Crippen molar-refractivity contribution in [3.8, 4) is 0 Å². The number of thioether (sulfide) groups is 2. The molecule has 0 spiro atoms. The summed E-state index contributed by atoms with van der Waals surface area (Å²) in [6.45, 7) is 0.917. The van der Waals surface area contributed by atoms with Gasteiger partial charge in [-0.05, 0) is 12.1 Å². The molecule has 4 nitrogen and oxygen atoms in total. The van der Waals surface area contributed by atoms with Crippen LogP contribution in [-0.4, -0.2) is 39.0 Å². The van der Waals surface area contributed by atoms with Gasteiger partial charge in [-0.3, -0.25) is 0 Å². The summed E-state index contributed by atoms with van der Waals surface area (Å²) in [5.74, 6) is 4.50. The van der Waals surface area contributed by atoms with Gasteiger partial charge in [0.2, 0.25) is 0 Å². The summed E-state index contributed by atoms with van der Waals surface area (Å²) in [6.07, 6.45) is 1.61. The van der Waals surface area contributed by atoms with Crippen molar-refractivity contribution in [1.29, 1.82) is 0 Å². The van der Waals surface area contributed by atoms with E-state index in [9.17, 15) is 0 Å². The van der Waals surface area contributed by atoms with Gasteiger partial charge >= 0.3 is 0 Å². The first-order valence-corrected chi connectivity index (χ1v) is 9.17. The molecule has 2 aromatic heterocycles. The van der Waals surface area contributed by atoms with Crippen molar-refractivity contribution in [2.45, 2.75) is 5.25 Å². The topological polar surface area (TPSA) is 51.0 Å². The molecule has 1 aliphatic rings. The van der Waals surface area contributed by atoms with Gasteiger partial charge in [-0.2, -0.15) is 23.5 Å². The SMILES string of the molecule is c1ccc2c(c1)oc1c(NCC3CSCCS3)ncnc12. The smallest absolute Gasteiger partial charge is 0.196 e. The summed E-state index contributed by atoms with van der Waals surface area (Å²) in [4.78, 5) is 8.73. The second-order valence-electron chi connectivity index (χ2n) is 4.95. The highest BCUT2D eigenvalue weighted by Crippen LogP contribution is 2.31. The number of benzene rings is 1. The Balaban J connectivity index is 1.65. The molecule has 21 heavy (non-hydrogen) atoms. The number of nitrogens with zero attached hydrogens (tertiary/aromatic N) is 2. The summed E-state index contributed by atoms with van der Waals surface area (Å²) in [5, 5.41) is 5.12. The van der Waals surface area contributed by atoms with Gasteiger partial charge in [0, 0.05) is 34.4 Å². The van der Waals surface area contributed by atoms with Crippen molar-refractivity contribution in [2.75, 3.05) is 29.1 Å². The number of para-hydroxylation sites is 1. The summed E-state index contributed by atoms with van der Waals surface area (Å²) in [6, 6.07) is 7.98. The fourth-order valence-corrected chi connectivity index (χ4v) is 5.13. The van der Waals surface area contributed by atoms with Gasteiger partial charge in [0.05, 0.1) is 0 Å². The number of fused-ring (bicyclic) bond motifs is 3. The minimum atomic E-state index is 0.637. The van der Waals surface area contributed by atoms with Crippen LogP contribution >= 0.6 is 23.5 Å². The van der Waals surface area contributed by atoms with Gasteiger partial charge in [0.15, 0.2) is 11.4 Å². The third kappa shape index (κ3) is 2.58. The van der Waals surface area contributed by atoms with Crippen molar-refractivity contribution < 1.29 is 4.42 Å². The third-order valence-electron chi connectivity index (χ3n) is 3.54. The van der Waals surface area contributed by atoms with E-state index < -0.39 is 0 Å². The van der Waals surface area contributed by atoms with Crippen LogP contribution in [0.1, 0.15) is 0 Å². The van der Waals surface area contributed by atoms with Crippen LogP contribution in [0.3, 0.4) is 0 Å². The van der Waals surface area contributed by atoms with Crippen molar-refractivity contribution >= 4 is 51.4 Å². The maximum atomic E-state index is 5.92. The number of rotatable bonds is 3. The molecule has 0 bridgehead atoms. The van der Waals surface area contributed by atoms with Crippen LogP contribution in [0.15, 0.2) is 35.0 Å². The van der Waals surface area contributed by atoms with E-state index in [1.807, 2.05) is 47.8 Å². The van der Waals surface area contributed by atoms with Gasteiger partial charge in [-0.25, -0.2) is 9.97 Å². The second kappa shape index (κ2) is 5.77. The lowest BCUT2D eigenvalue weighted by Crippen LogP contribution is -2.23. The molecule has 3 heterocycles. The molecule has 1 unspecified atom stereocenters. The van der Waals surface area contributed by atoms with Gasteiger partial charge in [0.25, 0.3) is 0 Å². The number of anilines is 1. The fraction of sp³-hybridized carbons (Fsp3) is 0.333. The van der Waals surface area contributed by atoms with Crippen LogP contribution in [0.4, 0.5) is 5.82 Å². The maximum Gasteiger partial charge on any atom is 0.196 e. The van der Waals surface area contributed by atoms with E-state index in [1.165, 1.54) is 17.3 Å². The van der Waals surface area contributed by atoms with Crippen LogP contribution in [0.25, 0.3) is 22.1 Å². The first-order valence-electron chi connectivity index (χ1n) is 6.97.